The number of halogens is 1. The van der Waals surface area contributed by atoms with Crippen LogP contribution >= 0.6 is 23.4 Å². The molecule has 0 saturated heterocycles. The Morgan fingerprint density at radius 1 is 1.44 bits per heavy atom. The molecule has 0 fully saturated rings. The molecule has 0 aliphatic heterocycles. The van der Waals surface area contributed by atoms with Crippen LogP contribution in [-0.4, -0.2) is 28.4 Å². The van der Waals surface area contributed by atoms with Crippen LogP contribution in [0.25, 0.3) is 0 Å². The van der Waals surface area contributed by atoms with Gasteiger partial charge in [-0.2, -0.15) is 11.8 Å². The summed E-state index contributed by atoms with van der Waals surface area (Å²) in [5.74, 6) is -0.169. The van der Waals surface area contributed by atoms with E-state index >= 15 is 0 Å². The fourth-order valence-corrected chi connectivity index (χ4v) is 2.69. The standard InChI is InChI=1S/C13H19ClN2OS/c1-4-13(5-2,18-3)9-15-12(17)10-7-6-8-11(14)16-10/h6-8H,4-5,9H2,1-3H3,(H,15,17). The molecule has 5 heteroatoms. The maximum absolute atomic E-state index is 11.9. The van der Waals surface area contributed by atoms with Crippen LogP contribution in [0, 0.1) is 0 Å². The number of amides is 1. The molecule has 1 N–H and O–H groups in total. The normalized spacial score (nSPS) is 11.3. The molecule has 0 bridgehead atoms. The smallest absolute Gasteiger partial charge is 0.269 e. The summed E-state index contributed by atoms with van der Waals surface area (Å²) in [7, 11) is 0. The molecule has 1 amide bonds. The van der Waals surface area contributed by atoms with Crippen molar-refractivity contribution in [1.82, 2.24) is 10.3 Å². The van der Waals surface area contributed by atoms with Gasteiger partial charge in [-0.3, -0.25) is 4.79 Å². The summed E-state index contributed by atoms with van der Waals surface area (Å²) < 4.78 is 0.105. The van der Waals surface area contributed by atoms with Crippen LogP contribution in [0.5, 0.6) is 0 Å². The van der Waals surface area contributed by atoms with Crippen molar-refractivity contribution < 1.29 is 4.79 Å². The molecular weight excluding hydrogens is 268 g/mol. The van der Waals surface area contributed by atoms with Crippen LogP contribution in [0.1, 0.15) is 37.2 Å². The lowest BCUT2D eigenvalue weighted by Crippen LogP contribution is -2.39. The SMILES string of the molecule is CCC(CC)(CNC(=O)c1cccc(Cl)n1)SC. The first-order valence-corrected chi connectivity index (χ1v) is 7.63. The Labute approximate surface area is 118 Å². The largest absolute Gasteiger partial charge is 0.349 e. The molecule has 0 spiro atoms. The molecular formula is C13H19ClN2OS. The van der Waals surface area contributed by atoms with E-state index in [1.54, 1.807) is 30.0 Å². The van der Waals surface area contributed by atoms with Gasteiger partial charge in [-0.15, -0.1) is 0 Å². The molecule has 3 nitrogen and oxygen atoms in total. The maximum Gasteiger partial charge on any atom is 0.269 e. The van der Waals surface area contributed by atoms with Gasteiger partial charge in [-0.05, 0) is 31.2 Å². The van der Waals surface area contributed by atoms with Gasteiger partial charge in [0.1, 0.15) is 10.8 Å². The van der Waals surface area contributed by atoms with E-state index in [0.29, 0.717) is 17.4 Å². The number of hydrogen-bond donors (Lipinski definition) is 1. The molecule has 1 rings (SSSR count). The van der Waals surface area contributed by atoms with E-state index in [-0.39, 0.29) is 10.7 Å². The van der Waals surface area contributed by atoms with Crippen molar-refractivity contribution in [2.24, 2.45) is 0 Å². The monoisotopic (exact) mass is 286 g/mol. The molecule has 0 atom stereocenters. The van der Waals surface area contributed by atoms with E-state index in [1.165, 1.54) is 0 Å². The average Bonchev–Trinajstić information content (AvgIpc) is 2.40. The third-order valence-electron chi connectivity index (χ3n) is 3.24. The Balaban J connectivity index is 2.66. The van der Waals surface area contributed by atoms with Crippen LogP contribution in [-0.2, 0) is 0 Å². The summed E-state index contributed by atoms with van der Waals surface area (Å²) in [6, 6.07) is 5.05. The quantitative estimate of drug-likeness (QED) is 0.815. The average molecular weight is 287 g/mol. The molecule has 1 aromatic heterocycles. The number of aromatic nitrogens is 1. The summed E-state index contributed by atoms with van der Waals surface area (Å²) in [5.41, 5.74) is 0.365. The van der Waals surface area contributed by atoms with Gasteiger partial charge in [0.05, 0.1) is 0 Å². The van der Waals surface area contributed by atoms with Gasteiger partial charge in [0.2, 0.25) is 0 Å². The number of carbonyl (C=O) groups is 1. The zero-order valence-corrected chi connectivity index (χ0v) is 12.6. The van der Waals surface area contributed by atoms with E-state index < -0.39 is 0 Å². The minimum Gasteiger partial charge on any atom is -0.349 e. The predicted molar refractivity (Wildman–Crippen MR) is 78.4 cm³/mol. The Bertz CT molecular complexity index is 399. The van der Waals surface area contributed by atoms with Crippen molar-refractivity contribution in [3.05, 3.63) is 29.0 Å². The molecule has 0 aliphatic carbocycles. The molecule has 1 aromatic rings. The summed E-state index contributed by atoms with van der Waals surface area (Å²) in [4.78, 5) is 15.9. The van der Waals surface area contributed by atoms with Gasteiger partial charge in [0.25, 0.3) is 5.91 Å². The Kier molecular flexibility index (Phi) is 5.96. The Hall–Kier alpha value is -0.740. The van der Waals surface area contributed by atoms with Crippen LogP contribution in [0.2, 0.25) is 5.15 Å². The minimum atomic E-state index is -0.169. The fraction of sp³-hybridized carbons (Fsp3) is 0.538. The number of nitrogens with zero attached hydrogens (tertiary/aromatic N) is 1. The molecule has 1 heterocycles. The van der Waals surface area contributed by atoms with Crippen molar-refractivity contribution in [2.45, 2.75) is 31.4 Å². The summed E-state index contributed by atoms with van der Waals surface area (Å²) in [5, 5.41) is 3.28. The predicted octanol–water partition coefficient (Wildman–Crippen LogP) is 3.39. The van der Waals surface area contributed by atoms with E-state index in [4.69, 9.17) is 11.6 Å². The van der Waals surface area contributed by atoms with E-state index in [2.05, 4.69) is 30.4 Å². The van der Waals surface area contributed by atoms with Crippen molar-refractivity contribution in [2.75, 3.05) is 12.8 Å². The number of thioether (sulfide) groups is 1. The lowest BCUT2D eigenvalue weighted by molar-refractivity contribution is 0.0944. The summed E-state index contributed by atoms with van der Waals surface area (Å²) in [6.45, 7) is 4.93. The molecule has 0 radical (unpaired) electrons. The van der Waals surface area contributed by atoms with Crippen LogP contribution < -0.4 is 5.32 Å². The number of nitrogens with one attached hydrogen (secondary N) is 1. The number of carbonyl (C=O) groups excluding carboxylic acids is 1. The second kappa shape index (κ2) is 7.00. The topological polar surface area (TPSA) is 42.0 Å². The van der Waals surface area contributed by atoms with Gasteiger partial charge in [0, 0.05) is 11.3 Å². The Morgan fingerprint density at radius 2 is 2.11 bits per heavy atom. The lowest BCUT2D eigenvalue weighted by Gasteiger charge is -2.29. The molecule has 18 heavy (non-hydrogen) atoms. The number of rotatable bonds is 6. The van der Waals surface area contributed by atoms with Gasteiger partial charge in [-0.25, -0.2) is 4.98 Å². The minimum absolute atomic E-state index is 0.105. The van der Waals surface area contributed by atoms with Crippen molar-refractivity contribution in [3.63, 3.8) is 0 Å². The first-order chi connectivity index (χ1) is 8.56. The third kappa shape index (κ3) is 3.89. The molecule has 100 valence electrons. The highest BCUT2D eigenvalue weighted by Crippen LogP contribution is 2.29. The van der Waals surface area contributed by atoms with Crippen LogP contribution in [0.3, 0.4) is 0 Å². The highest BCUT2D eigenvalue weighted by atomic mass is 35.5. The number of pyridine rings is 1. The zero-order chi connectivity index (χ0) is 13.6. The molecule has 0 unspecified atom stereocenters. The van der Waals surface area contributed by atoms with E-state index in [0.717, 1.165) is 12.8 Å². The Morgan fingerprint density at radius 3 is 2.61 bits per heavy atom. The summed E-state index contributed by atoms with van der Waals surface area (Å²) in [6.07, 6.45) is 4.12. The second-order valence-corrected chi connectivity index (χ2v) is 5.78. The van der Waals surface area contributed by atoms with Crippen molar-refractivity contribution in [3.8, 4) is 0 Å². The zero-order valence-electron chi connectivity index (χ0n) is 11.0. The highest BCUT2D eigenvalue weighted by Gasteiger charge is 2.25. The molecule has 0 aliphatic rings. The van der Waals surface area contributed by atoms with Gasteiger partial charge < -0.3 is 5.32 Å². The van der Waals surface area contributed by atoms with Gasteiger partial charge in [0.15, 0.2) is 0 Å². The second-order valence-electron chi connectivity index (χ2n) is 4.12. The first-order valence-electron chi connectivity index (χ1n) is 6.03. The summed E-state index contributed by atoms with van der Waals surface area (Å²) >= 11 is 7.56. The van der Waals surface area contributed by atoms with Gasteiger partial charge >= 0.3 is 0 Å². The first kappa shape index (κ1) is 15.3. The van der Waals surface area contributed by atoms with E-state index in [1.807, 2.05) is 0 Å². The van der Waals surface area contributed by atoms with Crippen LogP contribution in [0.4, 0.5) is 0 Å². The molecule has 0 saturated carbocycles. The van der Waals surface area contributed by atoms with E-state index in [9.17, 15) is 4.79 Å². The highest BCUT2D eigenvalue weighted by molar-refractivity contribution is 8.00. The fourth-order valence-electron chi connectivity index (χ4n) is 1.73. The van der Waals surface area contributed by atoms with Crippen LogP contribution in [0.15, 0.2) is 18.2 Å². The van der Waals surface area contributed by atoms with Crippen molar-refractivity contribution in [1.29, 1.82) is 0 Å². The molecule has 0 aromatic carbocycles. The van der Waals surface area contributed by atoms with Gasteiger partial charge in [-0.1, -0.05) is 31.5 Å². The number of hydrogen-bond acceptors (Lipinski definition) is 3. The maximum atomic E-state index is 11.9. The lowest BCUT2D eigenvalue weighted by atomic mass is 10.0. The third-order valence-corrected chi connectivity index (χ3v) is 5.04. The van der Waals surface area contributed by atoms with Crippen molar-refractivity contribution >= 4 is 29.3 Å².